The average molecular weight is 336 g/mol. The molecule has 0 heterocycles. The molecule has 0 aliphatic heterocycles. The van der Waals surface area contributed by atoms with Gasteiger partial charge in [0.05, 0.1) is 6.07 Å². The summed E-state index contributed by atoms with van der Waals surface area (Å²) < 4.78 is 0. The van der Waals surface area contributed by atoms with E-state index >= 15 is 0 Å². The largest absolute Gasteiger partial charge is 0.378 e. The quantitative estimate of drug-likeness (QED) is 0.849. The van der Waals surface area contributed by atoms with Crippen LogP contribution in [0.15, 0.2) is 48.5 Å². The molecule has 0 aliphatic carbocycles. The van der Waals surface area contributed by atoms with Gasteiger partial charge in [-0.05, 0) is 35.9 Å². The SMILES string of the molecule is CN(C)c1ccc(C(=O)NCc2ccccc2NC(=O)CC#N)cc1. The number of nitrogens with zero attached hydrogens (tertiary/aromatic N) is 2. The van der Waals surface area contributed by atoms with Gasteiger partial charge in [0, 0.05) is 37.6 Å². The Labute approximate surface area is 147 Å². The second-order valence-corrected chi connectivity index (χ2v) is 5.66. The van der Waals surface area contributed by atoms with Gasteiger partial charge in [0.2, 0.25) is 5.91 Å². The van der Waals surface area contributed by atoms with Gasteiger partial charge >= 0.3 is 0 Å². The molecular formula is C19H20N4O2. The summed E-state index contributed by atoms with van der Waals surface area (Å²) in [5.41, 5.74) is 2.94. The predicted molar refractivity (Wildman–Crippen MR) is 97.2 cm³/mol. The Bertz CT molecular complexity index is 792. The van der Waals surface area contributed by atoms with Gasteiger partial charge < -0.3 is 15.5 Å². The Morgan fingerprint density at radius 3 is 2.40 bits per heavy atom. The smallest absolute Gasteiger partial charge is 0.251 e. The van der Waals surface area contributed by atoms with E-state index in [0.717, 1.165) is 11.3 Å². The summed E-state index contributed by atoms with van der Waals surface area (Å²) in [6.45, 7) is 0.275. The molecule has 0 unspecified atom stereocenters. The summed E-state index contributed by atoms with van der Waals surface area (Å²) in [6.07, 6.45) is -0.209. The van der Waals surface area contributed by atoms with Crippen LogP contribution in [0.2, 0.25) is 0 Å². The fraction of sp³-hybridized carbons (Fsp3) is 0.211. The molecule has 0 saturated carbocycles. The number of hydrogen-bond donors (Lipinski definition) is 2. The number of nitrogens with one attached hydrogen (secondary N) is 2. The maximum Gasteiger partial charge on any atom is 0.251 e. The van der Waals surface area contributed by atoms with Crippen LogP contribution in [-0.4, -0.2) is 25.9 Å². The summed E-state index contributed by atoms with van der Waals surface area (Å²) in [5, 5.41) is 14.1. The van der Waals surface area contributed by atoms with Crippen molar-refractivity contribution in [2.45, 2.75) is 13.0 Å². The van der Waals surface area contributed by atoms with E-state index in [0.29, 0.717) is 11.3 Å². The van der Waals surface area contributed by atoms with Crippen molar-refractivity contribution in [2.24, 2.45) is 0 Å². The van der Waals surface area contributed by atoms with E-state index in [4.69, 9.17) is 5.26 Å². The topological polar surface area (TPSA) is 85.2 Å². The van der Waals surface area contributed by atoms with Crippen molar-refractivity contribution in [1.82, 2.24) is 5.32 Å². The van der Waals surface area contributed by atoms with Gasteiger partial charge in [-0.2, -0.15) is 5.26 Å². The van der Waals surface area contributed by atoms with Crippen LogP contribution in [0.25, 0.3) is 0 Å². The standard InChI is InChI=1S/C19H20N4O2/c1-23(2)16-9-7-14(8-10-16)19(25)21-13-15-5-3-4-6-17(15)22-18(24)11-12-20/h3-10H,11,13H2,1-2H3,(H,21,25)(H,22,24). The molecule has 0 atom stereocenters. The van der Waals surface area contributed by atoms with Crippen LogP contribution in [0.5, 0.6) is 0 Å². The molecule has 2 aromatic carbocycles. The third-order valence-electron chi connectivity index (χ3n) is 3.62. The molecule has 0 aliphatic rings. The van der Waals surface area contributed by atoms with Crippen molar-refractivity contribution in [3.63, 3.8) is 0 Å². The van der Waals surface area contributed by atoms with Gasteiger partial charge in [-0.25, -0.2) is 0 Å². The Morgan fingerprint density at radius 2 is 1.76 bits per heavy atom. The zero-order valence-corrected chi connectivity index (χ0v) is 14.2. The molecule has 25 heavy (non-hydrogen) atoms. The van der Waals surface area contributed by atoms with Gasteiger partial charge in [0.1, 0.15) is 6.42 Å². The first-order valence-corrected chi connectivity index (χ1v) is 7.81. The molecule has 2 N–H and O–H groups in total. The van der Waals surface area contributed by atoms with Crippen molar-refractivity contribution in [3.8, 4) is 6.07 Å². The molecule has 128 valence electrons. The maximum atomic E-state index is 12.3. The van der Waals surface area contributed by atoms with E-state index in [1.165, 1.54) is 0 Å². The van der Waals surface area contributed by atoms with Crippen LogP contribution in [0.1, 0.15) is 22.3 Å². The highest BCUT2D eigenvalue weighted by molar-refractivity contribution is 5.95. The molecule has 6 heteroatoms. The second kappa shape index (κ2) is 8.50. The minimum atomic E-state index is -0.374. The van der Waals surface area contributed by atoms with Crippen LogP contribution in [0.3, 0.4) is 0 Å². The monoisotopic (exact) mass is 336 g/mol. The summed E-state index contributed by atoms with van der Waals surface area (Å²) in [5.74, 6) is -0.566. The van der Waals surface area contributed by atoms with Gasteiger partial charge in [-0.3, -0.25) is 9.59 Å². The lowest BCUT2D eigenvalue weighted by Gasteiger charge is -2.13. The summed E-state index contributed by atoms with van der Waals surface area (Å²) in [4.78, 5) is 25.8. The maximum absolute atomic E-state index is 12.3. The van der Waals surface area contributed by atoms with Crippen LogP contribution in [0, 0.1) is 11.3 Å². The van der Waals surface area contributed by atoms with Crippen molar-refractivity contribution < 1.29 is 9.59 Å². The molecule has 0 saturated heterocycles. The van der Waals surface area contributed by atoms with Crippen LogP contribution in [0.4, 0.5) is 11.4 Å². The third-order valence-corrected chi connectivity index (χ3v) is 3.62. The summed E-state index contributed by atoms with van der Waals surface area (Å²) in [7, 11) is 3.87. The van der Waals surface area contributed by atoms with Crippen LogP contribution in [-0.2, 0) is 11.3 Å². The van der Waals surface area contributed by atoms with Gasteiger partial charge in [-0.1, -0.05) is 18.2 Å². The fourth-order valence-corrected chi connectivity index (χ4v) is 2.25. The molecule has 0 radical (unpaired) electrons. The average Bonchev–Trinajstić information content (AvgIpc) is 2.61. The molecule has 0 bridgehead atoms. The van der Waals surface area contributed by atoms with Crippen molar-refractivity contribution in [1.29, 1.82) is 5.26 Å². The third kappa shape index (κ3) is 5.08. The molecule has 6 nitrogen and oxygen atoms in total. The molecule has 2 aromatic rings. The number of para-hydroxylation sites is 1. The highest BCUT2D eigenvalue weighted by Gasteiger charge is 2.09. The minimum absolute atomic E-state index is 0.191. The Kier molecular flexibility index (Phi) is 6.13. The van der Waals surface area contributed by atoms with E-state index in [1.54, 1.807) is 30.3 Å². The van der Waals surface area contributed by atoms with Crippen molar-refractivity contribution in [3.05, 3.63) is 59.7 Å². The summed E-state index contributed by atoms with van der Waals surface area (Å²) in [6, 6.07) is 16.3. The molecule has 0 fully saturated rings. The number of benzene rings is 2. The number of nitriles is 1. The van der Waals surface area contributed by atoms with E-state index < -0.39 is 0 Å². The minimum Gasteiger partial charge on any atom is -0.378 e. The highest BCUT2D eigenvalue weighted by atomic mass is 16.2. The number of hydrogen-bond acceptors (Lipinski definition) is 4. The number of rotatable bonds is 6. The molecule has 2 rings (SSSR count). The lowest BCUT2D eigenvalue weighted by Crippen LogP contribution is -2.24. The Morgan fingerprint density at radius 1 is 1.08 bits per heavy atom. The van der Waals surface area contributed by atoms with E-state index in [9.17, 15) is 9.59 Å². The van der Waals surface area contributed by atoms with E-state index in [2.05, 4.69) is 10.6 Å². The molecular weight excluding hydrogens is 316 g/mol. The fourth-order valence-electron chi connectivity index (χ4n) is 2.25. The van der Waals surface area contributed by atoms with Crippen molar-refractivity contribution in [2.75, 3.05) is 24.3 Å². The van der Waals surface area contributed by atoms with Gasteiger partial charge in [-0.15, -0.1) is 0 Å². The zero-order chi connectivity index (χ0) is 18.2. The summed E-state index contributed by atoms with van der Waals surface area (Å²) >= 11 is 0. The molecule has 0 aromatic heterocycles. The number of anilines is 2. The normalized spacial score (nSPS) is 9.80. The lowest BCUT2D eigenvalue weighted by atomic mass is 10.1. The first kappa shape index (κ1) is 18.0. The van der Waals surface area contributed by atoms with E-state index in [-0.39, 0.29) is 24.8 Å². The highest BCUT2D eigenvalue weighted by Crippen LogP contribution is 2.16. The zero-order valence-electron chi connectivity index (χ0n) is 14.2. The Balaban J connectivity index is 2.02. The lowest BCUT2D eigenvalue weighted by molar-refractivity contribution is -0.115. The predicted octanol–water partition coefficient (Wildman–Crippen LogP) is 2.53. The van der Waals surface area contributed by atoms with Crippen LogP contribution < -0.4 is 15.5 Å². The van der Waals surface area contributed by atoms with Gasteiger partial charge in [0.15, 0.2) is 0 Å². The van der Waals surface area contributed by atoms with Crippen molar-refractivity contribution >= 4 is 23.2 Å². The Hall–Kier alpha value is -3.33. The molecule has 0 spiro atoms. The van der Waals surface area contributed by atoms with Gasteiger partial charge in [0.25, 0.3) is 5.91 Å². The first-order valence-electron chi connectivity index (χ1n) is 7.81. The first-order chi connectivity index (χ1) is 12.0. The second-order valence-electron chi connectivity index (χ2n) is 5.66. The van der Waals surface area contributed by atoms with Crippen LogP contribution >= 0.6 is 0 Å². The number of carbonyl (C=O) groups is 2. The number of amides is 2. The number of carbonyl (C=O) groups excluding carboxylic acids is 2. The molecule has 2 amide bonds. The van der Waals surface area contributed by atoms with E-state index in [1.807, 2.05) is 43.3 Å².